The van der Waals surface area contributed by atoms with Crippen LogP contribution in [-0.4, -0.2) is 15.9 Å². The fourth-order valence-electron chi connectivity index (χ4n) is 2.17. The fourth-order valence-corrected chi connectivity index (χ4v) is 2.17. The lowest BCUT2D eigenvalue weighted by Crippen LogP contribution is -2.12. The highest BCUT2D eigenvalue weighted by Gasteiger charge is 2.04. The minimum atomic E-state index is -0.0458. The molecule has 0 unspecified atom stereocenters. The molecule has 3 aromatic rings. The van der Waals surface area contributed by atoms with Crippen LogP contribution >= 0.6 is 0 Å². The zero-order valence-corrected chi connectivity index (χ0v) is 13.1. The Labute approximate surface area is 140 Å². The molecule has 5 nitrogen and oxygen atoms in total. The van der Waals surface area contributed by atoms with Crippen molar-refractivity contribution in [2.75, 3.05) is 5.32 Å². The minimum Gasteiger partial charge on any atom is -0.457 e. The predicted molar refractivity (Wildman–Crippen MR) is 91.9 cm³/mol. The molecule has 1 heterocycles. The number of hydrogen-bond acceptors (Lipinski definition) is 4. The summed E-state index contributed by atoms with van der Waals surface area (Å²) in [6, 6.07) is 16.9. The molecule has 0 fully saturated rings. The second-order valence-corrected chi connectivity index (χ2v) is 5.23. The van der Waals surface area contributed by atoms with Gasteiger partial charge in [0.25, 0.3) is 0 Å². The van der Waals surface area contributed by atoms with E-state index in [1.807, 2.05) is 54.6 Å². The van der Waals surface area contributed by atoms with Gasteiger partial charge in [0.15, 0.2) is 0 Å². The number of anilines is 1. The summed E-state index contributed by atoms with van der Waals surface area (Å²) in [6.45, 7) is 0. The van der Waals surface area contributed by atoms with E-state index in [-0.39, 0.29) is 5.91 Å². The Morgan fingerprint density at radius 2 is 1.58 bits per heavy atom. The van der Waals surface area contributed by atoms with Gasteiger partial charge in [-0.2, -0.15) is 0 Å². The third-order valence-electron chi connectivity index (χ3n) is 3.37. The molecule has 1 aromatic heterocycles. The Balaban J connectivity index is 1.51. The van der Waals surface area contributed by atoms with Crippen LogP contribution in [0.5, 0.6) is 11.5 Å². The van der Waals surface area contributed by atoms with Crippen LogP contribution in [-0.2, 0) is 11.2 Å². The van der Waals surface area contributed by atoms with Crippen molar-refractivity contribution < 1.29 is 9.53 Å². The van der Waals surface area contributed by atoms with Gasteiger partial charge in [0, 0.05) is 24.5 Å². The summed E-state index contributed by atoms with van der Waals surface area (Å²) in [7, 11) is 0. The second-order valence-electron chi connectivity index (χ2n) is 5.23. The van der Waals surface area contributed by atoms with E-state index in [1.165, 1.54) is 6.33 Å². The van der Waals surface area contributed by atoms with E-state index in [0.717, 1.165) is 22.7 Å². The van der Waals surface area contributed by atoms with Gasteiger partial charge in [-0.25, -0.2) is 9.97 Å². The third-order valence-corrected chi connectivity index (χ3v) is 3.37. The van der Waals surface area contributed by atoms with Crippen LogP contribution in [0, 0.1) is 0 Å². The lowest BCUT2D eigenvalue weighted by Gasteiger charge is -2.08. The van der Waals surface area contributed by atoms with Gasteiger partial charge in [0.1, 0.15) is 17.8 Å². The number of benzene rings is 2. The monoisotopic (exact) mass is 319 g/mol. The van der Waals surface area contributed by atoms with E-state index in [0.29, 0.717) is 12.8 Å². The molecule has 0 radical (unpaired) electrons. The molecule has 5 heteroatoms. The van der Waals surface area contributed by atoms with E-state index in [4.69, 9.17) is 4.74 Å². The zero-order chi connectivity index (χ0) is 16.6. The molecule has 0 spiro atoms. The van der Waals surface area contributed by atoms with Crippen LogP contribution < -0.4 is 10.1 Å². The van der Waals surface area contributed by atoms with Crippen LogP contribution in [0.1, 0.15) is 12.0 Å². The number of aryl methyl sites for hydroxylation is 1. The van der Waals surface area contributed by atoms with Crippen LogP contribution in [0.15, 0.2) is 73.3 Å². The van der Waals surface area contributed by atoms with Crippen molar-refractivity contribution in [3.63, 3.8) is 0 Å². The van der Waals surface area contributed by atoms with Crippen LogP contribution in [0.3, 0.4) is 0 Å². The van der Waals surface area contributed by atoms with Crippen LogP contribution in [0.2, 0.25) is 0 Å². The van der Waals surface area contributed by atoms with Gasteiger partial charge in [0.05, 0.1) is 0 Å². The first kappa shape index (κ1) is 15.7. The summed E-state index contributed by atoms with van der Waals surface area (Å²) in [6.07, 6.45) is 5.91. The number of carbonyl (C=O) groups is 1. The SMILES string of the molecule is O=C(CCc1cncnc1)Nc1ccc(Oc2ccccc2)cc1. The standard InChI is InChI=1S/C19H17N3O2/c23-19(11-6-15-12-20-14-21-13-15)22-16-7-9-18(10-8-16)24-17-4-2-1-3-5-17/h1-5,7-10,12-14H,6,11H2,(H,22,23). The maximum absolute atomic E-state index is 12.0. The number of aromatic nitrogens is 2. The van der Waals surface area contributed by atoms with E-state index in [2.05, 4.69) is 15.3 Å². The highest BCUT2D eigenvalue weighted by molar-refractivity contribution is 5.90. The highest BCUT2D eigenvalue weighted by Crippen LogP contribution is 2.22. The van der Waals surface area contributed by atoms with Crippen molar-refractivity contribution in [3.8, 4) is 11.5 Å². The van der Waals surface area contributed by atoms with Crippen LogP contribution in [0.25, 0.3) is 0 Å². The molecule has 0 saturated heterocycles. The molecule has 2 aromatic carbocycles. The maximum Gasteiger partial charge on any atom is 0.224 e. The van der Waals surface area contributed by atoms with Crippen molar-refractivity contribution in [3.05, 3.63) is 78.9 Å². The molecule has 3 rings (SSSR count). The number of ether oxygens (including phenoxy) is 1. The number of nitrogens with zero attached hydrogens (tertiary/aromatic N) is 2. The molecule has 1 N–H and O–H groups in total. The molecule has 0 bridgehead atoms. The highest BCUT2D eigenvalue weighted by atomic mass is 16.5. The molecular formula is C19H17N3O2. The van der Waals surface area contributed by atoms with Gasteiger partial charge in [-0.3, -0.25) is 4.79 Å². The van der Waals surface area contributed by atoms with Gasteiger partial charge in [-0.1, -0.05) is 18.2 Å². The molecule has 0 saturated carbocycles. The number of nitrogens with one attached hydrogen (secondary N) is 1. The van der Waals surface area contributed by atoms with Crippen molar-refractivity contribution in [2.45, 2.75) is 12.8 Å². The van der Waals surface area contributed by atoms with Crippen molar-refractivity contribution in [2.24, 2.45) is 0 Å². The molecule has 24 heavy (non-hydrogen) atoms. The van der Waals surface area contributed by atoms with Crippen molar-refractivity contribution in [1.29, 1.82) is 0 Å². The van der Waals surface area contributed by atoms with Gasteiger partial charge >= 0.3 is 0 Å². The Bertz CT molecular complexity index is 775. The molecule has 0 aliphatic rings. The number of hydrogen-bond donors (Lipinski definition) is 1. The second kappa shape index (κ2) is 7.87. The quantitative estimate of drug-likeness (QED) is 0.750. The first-order chi connectivity index (χ1) is 11.8. The summed E-state index contributed by atoms with van der Waals surface area (Å²) < 4.78 is 5.72. The Kier molecular flexibility index (Phi) is 5.14. The summed E-state index contributed by atoms with van der Waals surface area (Å²) in [5.41, 5.74) is 1.68. The normalized spacial score (nSPS) is 10.2. The topological polar surface area (TPSA) is 64.1 Å². The molecule has 120 valence electrons. The average Bonchev–Trinajstić information content (AvgIpc) is 2.63. The summed E-state index contributed by atoms with van der Waals surface area (Å²) in [5.74, 6) is 1.45. The van der Waals surface area contributed by atoms with Crippen LogP contribution in [0.4, 0.5) is 5.69 Å². The first-order valence-corrected chi connectivity index (χ1v) is 7.66. The van der Waals surface area contributed by atoms with Gasteiger partial charge in [0.2, 0.25) is 5.91 Å². The number of para-hydroxylation sites is 1. The fraction of sp³-hybridized carbons (Fsp3) is 0.105. The predicted octanol–water partition coefficient (Wildman–Crippen LogP) is 3.84. The Morgan fingerprint density at radius 3 is 2.29 bits per heavy atom. The average molecular weight is 319 g/mol. The number of amides is 1. The van der Waals surface area contributed by atoms with E-state index in [1.54, 1.807) is 12.4 Å². The lowest BCUT2D eigenvalue weighted by atomic mass is 10.2. The number of rotatable bonds is 6. The van der Waals surface area contributed by atoms with E-state index < -0.39 is 0 Å². The largest absolute Gasteiger partial charge is 0.457 e. The molecule has 0 atom stereocenters. The third kappa shape index (κ3) is 4.64. The zero-order valence-electron chi connectivity index (χ0n) is 13.1. The summed E-state index contributed by atoms with van der Waals surface area (Å²) in [4.78, 5) is 19.8. The van der Waals surface area contributed by atoms with Crippen molar-refractivity contribution in [1.82, 2.24) is 9.97 Å². The molecule has 0 aliphatic heterocycles. The lowest BCUT2D eigenvalue weighted by molar-refractivity contribution is -0.116. The van der Waals surface area contributed by atoms with Gasteiger partial charge in [-0.15, -0.1) is 0 Å². The molecule has 1 amide bonds. The van der Waals surface area contributed by atoms with E-state index in [9.17, 15) is 4.79 Å². The Hall–Kier alpha value is -3.21. The van der Waals surface area contributed by atoms with Gasteiger partial charge in [-0.05, 0) is 48.4 Å². The van der Waals surface area contributed by atoms with Crippen molar-refractivity contribution >= 4 is 11.6 Å². The smallest absolute Gasteiger partial charge is 0.224 e. The van der Waals surface area contributed by atoms with E-state index >= 15 is 0 Å². The first-order valence-electron chi connectivity index (χ1n) is 7.66. The summed E-state index contributed by atoms with van der Waals surface area (Å²) in [5, 5.41) is 2.87. The van der Waals surface area contributed by atoms with Gasteiger partial charge < -0.3 is 10.1 Å². The Morgan fingerprint density at radius 1 is 0.917 bits per heavy atom. The summed E-state index contributed by atoms with van der Waals surface area (Å²) >= 11 is 0. The molecule has 0 aliphatic carbocycles. The maximum atomic E-state index is 12.0. The minimum absolute atomic E-state index is 0.0458. The number of carbonyl (C=O) groups excluding carboxylic acids is 1. The molecular weight excluding hydrogens is 302 g/mol.